The number of hydrogen-bond donors (Lipinski definition) is 20. The zero-order valence-electron chi connectivity index (χ0n) is 77.4. The van der Waals surface area contributed by atoms with Gasteiger partial charge in [-0.1, -0.05) is 100 Å². The minimum Gasteiger partial charge on any atom is -0.394 e. The molecule has 5 heterocycles. The molecule has 750 valence electrons. The fourth-order valence-corrected chi connectivity index (χ4v) is 16.9. The van der Waals surface area contributed by atoms with Crippen LogP contribution in [0, 0.1) is 40.4 Å². The molecule has 42 nitrogen and oxygen atoms in total. The molecule has 2 aliphatic rings. The summed E-state index contributed by atoms with van der Waals surface area (Å²) in [5, 5.41) is 49.9. The van der Waals surface area contributed by atoms with Gasteiger partial charge < -0.3 is 121 Å². The Bertz CT molecular complexity index is 5610. The first-order chi connectivity index (χ1) is 66.1. The Morgan fingerprint density at radius 2 is 1.06 bits per heavy atom. The number of aromatic nitrogens is 4. The third kappa shape index (κ3) is 30.0. The predicted octanol–water partition coefficient (Wildman–Crippen LogP) is -1.73. The van der Waals surface area contributed by atoms with Crippen LogP contribution < -0.4 is 81.0 Å². The second kappa shape index (κ2) is 51.0. The number of primary amides is 2. The number of hydrogen-bond acceptors (Lipinski definition) is 21. The van der Waals surface area contributed by atoms with Crippen LogP contribution in [-0.4, -0.2) is 295 Å². The molecule has 4 aromatic carbocycles. The molecule has 9 rings (SSSR count). The highest BCUT2D eigenvalue weighted by molar-refractivity contribution is 8.00. The molecule has 0 radical (unpaired) electrons. The number of rotatable bonds is 25. The van der Waals surface area contributed by atoms with E-state index in [1.54, 1.807) is 99.6 Å². The van der Waals surface area contributed by atoms with E-state index in [0.29, 0.717) is 55.3 Å². The lowest BCUT2D eigenvalue weighted by molar-refractivity contribution is -0.145. The number of H-pyrrole nitrogens is 3. The molecule has 48 heteroatoms. The van der Waals surface area contributed by atoms with E-state index in [1.807, 2.05) is 0 Å². The molecule has 2 saturated heterocycles. The molecule has 13 atom stereocenters. The van der Waals surface area contributed by atoms with Crippen molar-refractivity contribution in [3.63, 3.8) is 0 Å². The zero-order chi connectivity index (χ0) is 102. The number of nitrogens with one attached hydrogen (secondary N) is 16. The van der Waals surface area contributed by atoms with Crippen molar-refractivity contribution in [1.29, 1.82) is 5.41 Å². The second-order valence-corrected chi connectivity index (χ2v) is 35.4. The van der Waals surface area contributed by atoms with E-state index in [0.717, 1.165) is 21.7 Å². The van der Waals surface area contributed by atoms with Crippen molar-refractivity contribution in [2.45, 2.75) is 196 Å². The Hall–Kier alpha value is -14.6. The second-order valence-electron chi connectivity index (χ2n) is 34.4. The Morgan fingerprint density at radius 1 is 0.540 bits per heavy atom. The maximum Gasteiger partial charge on any atom is 0.246 e. The largest absolute Gasteiger partial charge is 0.394 e. The molecule has 2 fully saturated rings. The van der Waals surface area contributed by atoms with Gasteiger partial charge in [-0.15, -0.1) is 11.8 Å². The number of amides is 17. The SMILES string of the molecule is CCCC[C@H]1C(=O)N[C@@H](CCCNC(=N)N)C(=O)N[C@H](C(=O)NCC(N)=O)CSCC(=O)N[C@@H](Cc2ccccc2)C(=O)N(C)[C@@H](C)C(=O)N[C@@H](CC(N)=O)C(=O)N2CCC[C@H]2C(=O)N[C@@H](Cc2cnc[nH]2)C(=O)N[C@@H](CC(C)C)C(=O)N(C)CC(=O)N[C@@H](Cc2c[nH]c3ccccc23)C(=O)N[C@@H](CO)C(=O)N[C@@H](Cc2c[nH]c3ccccc23)C(=O)N[C@@H](Cc2c(F)c(F)c(F)c(F)c2F)C(=O)N1C. The molecule has 0 saturated carbocycles. The summed E-state index contributed by atoms with van der Waals surface area (Å²) in [4.78, 5) is 265. The summed E-state index contributed by atoms with van der Waals surface area (Å²) in [5.74, 6) is -33.3. The van der Waals surface area contributed by atoms with Gasteiger partial charge >= 0.3 is 0 Å². The molecule has 0 spiro atoms. The summed E-state index contributed by atoms with van der Waals surface area (Å²) >= 11 is 0.685. The number of unbranched alkanes of at least 4 members (excludes halogenated alkanes) is 1. The lowest BCUT2D eigenvalue weighted by Gasteiger charge is -2.33. The highest BCUT2D eigenvalue weighted by Gasteiger charge is 2.44. The molecule has 17 amide bonds. The summed E-state index contributed by atoms with van der Waals surface area (Å²) in [6, 6.07) is -1.58. The van der Waals surface area contributed by atoms with Crippen LogP contribution in [0.15, 0.2) is 104 Å². The molecular formula is C91H117F5N24O18S. The number of guanidine groups is 1. The Morgan fingerprint density at radius 3 is 1.65 bits per heavy atom. The number of benzene rings is 4. The number of likely N-dealkylation sites (N-methyl/N-ethyl adjacent to an activating group) is 3. The Balaban J connectivity index is 1.12. The van der Waals surface area contributed by atoms with Crippen molar-refractivity contribution in [3.05, 3.63) is 161 Å². The molecule has 139 heavy (non-hydrogen) atoms. The number of carbonyl (C=O) groups excluding carboxylic acids is 17. The number of para-hydroxylation sites is 2. The molecule has 23 N–H and O–H groups in total. The van der Waals surface area contributed by atoms with Gasteiger partial charge in [0.25, 0.3) is 0 Å². The number of carbonyl (C=O) groups is 17. The average molecular weight is 1960 g/mol. The standard InChI is InChI=1S/C91H117F5N24O18S/c1-8-9-26-67-85(133)109-57(25-17-28-102-91(99)100)80(128)116-66(79(127)105-40-70(98)123)43-139-44-72(125)108-62(31-48-19-11-10-12-20-48)88(136)118(6)47(4)78(126)112-64(36-69(97)122)90(138)120-29-18-27-68(120)86(134)111-60(34-51-39-101-45-106-51)83(131)113-61(30-46(2)3)87(135)117(5)41-71(124)107-58(32-49-37-103-55-23-15-13-21-52(49)55)81(129)115-65(42-121)84(132)110-59(33-50-38-104-56-24-16-14-22-53(50)56)82(130)114-63(89(137)119(67)7)35-54-73(92)75(94)77(96)76(95)74(54)93/h10-16,19-24,37-39,45-47,57-68,103-104,121H,8-9,17-18,25-36,40-44H2,1-7H3,(H2,97,122)(H2,98,123)(H,101,106)(H,105,127)(H,107,124)(H,108,125)(H,109,133)(H,110,132)(H,111,134)(H,112,126)(H,113,131)(H,114,130)(H,115,129)(H,116,128)(H4,99,100,102)/t47-,57-,58-,59-,60-,61-,62-,63-,64-,65-,66-,67-,68-/m0/s1. The highest BCUT2D eigenvalue weighted by atomic mass is 32.2. The summed E-state index contributed by atoms with van der Waals surface area (Å²) in [7, 11) is 3.36. The lowest BCUT2D eigenvalue weighted by atomic mass is 9.99. The summed E-state index contributed by atoms with van der Waals surface area (Å²) in [5.41, 5.74) is 17.5. The van der Waals surface area contributed by atoms with Crippen LogP contribution in [0.4, 0.5) is 22.0 Å². The molecular weight excluding hydrogens is 1840 g/mol. The van der Waals surface area contributed by atoms with Gasteiger partial charge in [0.2, 0.25) is 106 Å². The first kappa shape index (κ1) is 108. The van der Waals surface area contributed by atoms with Gasteiger partial charge in [0, 0.05) is 124 Å². The van der Waals surface area contributed by atoms with Gasteiger partial charge in [0.15, 0.2) is 29.2 Å². The van der Waals surface area contributed by atoms with E-state index < -0.39 is 276 Å². The number of fused-ring (bicyclic) bond motifs is 3. The van der Waals surface area contributed by atoms with E-state index in [9.17, 15) is 67.0 Å². The van der Waals surface area contributed by atoms with Crippen LogP contribution in [0.5, 0.6) is 0 Å². The topological polar surface area (TPSA) is 630 Å². The normalized spacial score (nSPS) is 22.8. The summed E-state index contributed by atoms with van der Waals surface area (Å²) in [6.07, 6.45) is 1.06. The average Bonchev–Trinajstić information content (AvgIpc) is 1.40. The molecule has 0 bridgehead atoms. The number of aliphatic hydroxyl groups is 1. The molecule has 7 aromatic rings. The van der Waals surface area contributed by atoms with Gasteiger partial charge in [-0.2, -0.15) is 0 Å². The van der Waals surface area contributed by atoms with Crippen LogP contribution in [0.25, 0.3) is 21.8 Å². The fraction of sp³-hybridized carbons (Fsp3) is 0.462. The van der Waals surface area contributed by atoms with Crippen LogP contribution in [0.2, 0.25) is 0 Å². The van der Waals surface area contributed by atoms with E-state index in [-0.39, 0.29) is 88.8 Å². The number of halogens is 5. The first-order valence-corrected chi connectivity index (χ1v) is 46.1. The smallest absolute Gasteiger partial charge is 0.246 e. The number of aromatic amines is 3. The Labute approximate surface area is 799 Å². The maximum absolute atomic E-state index is 16.2. The highest BCUT2D eigenvalue weighted by Crippen LogP contribution is 2.29. The van der Waals surface area contributed by atoms with Crippen LogP contribution in [0.1, 0.15) is 113 Å². The first-order valence-electron chi connectivity index (χ1n) is 44.9. The number of imidazole rings is 1. The van der Waals surface area contributed by atoms with Crippen molar-refractivity contribution in [2.75, 3.05) is 65.4 Å². The molecule has 3 aromatic heterocycles. The fourth-order valence-electron chi connectivity index (χ4n) is 16.0. The van der Waals surface area contributed by atoms with E-state index >= 15 is 41.5 Å². The van der Waals surface area contributed by atoms with Gasteiger partial charge in [0.1, 0.15) is 78.5 Å². The molecule has 0 unspecified atom stereocenters. The van der Waals surface area contributed by atoms with Crippen molar-refractivity contribution >= 4 is 140 Å². The zero-order valence-corrected chi connectivity index (χ0v) is 78.2. The van der Waals surface area contributed by atoms with Gasteiger partial charge in [0.05, 0.1) is 38.2 Å². The lowest BCUT2D eigenvalue weighted by Crippen LogP contribution is -2.61. The van der Waals surface area contributed by atoms with E-state index in [1.165, 1.54) is 45.9 Å². The number of nitrogens with two attached hydrogens (primary N) is 3. The Kier molecular flexibility index (Phi) is 39.6. The quantitative estimate of drug-likeness (QED) is 0.00755. The summed E-state index contributed by atoms with van der Waals surface area (Å²) < 4.78 is 78.1. The third-order valence-electron chi connectivity index (χ3n) is 23.5. The number of aliphatic hydroxyl groups excluding tert-OH is 1. The predicted molar refractivity (Wildman–Crippen MR) is 495 cm³/mol. The third-order valence-corrected chi connectivity index (χ3v) is 24.6. The molecule has 2 aliphatic heterocycles. The van der Waals surface area contributed by atoms with Crippen molar-refractivity contribution in [2.24, 2.45) is 23.1 Å². The van der Waals surface area contributed by atoms with Crippen LogP contribution >= 0.6 is 11.8 Å². The van der Waals surface area contributed by atoms with Gasteiger partial charge in [-0.3, -0.25) is 86.9 Å². The maximum atomic E-state index is 16.2. The van der Waals surface area contributed by atoms with Crippen molar-refractivity contribution < 1.29 is 109 Å². The number of nitrogens with zero attached hydrogens (tertiary/aromatic N) is 5. The van der Waals surface area contributed by atoms with Crippen molar-refractivity contribution in [3.8, 4) is 0 Å². The van der Waals surface area contributed by atoms with E-state index in [2.05, 4.69) is 83.7 Å². The number of thioether (sulfide) groups is 1. The van der Waals surface area contributed by atoms with E-state index in [4.69, 9.17) is 22.6 Å². The van der Waals surface area contributed by atoms with Crippen molar-refractivity contribution in [1.82, 2.24) is 103 Å². The summed E-state index contributed by atoms with van der Waals surface area (Å²) in [6.45, 7) is 3.12. The van der Waals surface area contributed by atoms with Gasteiger partial charge in [-0.25, -0.2) is 26.9 Å². The minimum atomic E-state index is -2.62. The molecule has 0 aliphatic carbocycles. The van der Waals surface area contributed by atoms with Gasteiger partial charge in [-0.05, 0) is 80.2 Å². The van der Waals surface area contributed by atoms with Crippen LogP contribution in [0.3, 0.4) is 0 Å². The minimum absolute atomic E-state index is 0.0284. The van der Waals surface area contributed by atoms with Crippen LogP contribution in [-0.2, 0) is 114 Å². The monoisotopic (exact) mass is 1960 g/mol.